The number of thiophene rings is 1. The molecule has 0 radical (unpaired) electrons. The van der Waals surface area contributed by atoms with Crippen LogP contribution in [0.15, 0.2) is 20.1 Å². The fourth-order valence-electron chi connectivity index (χ4n) is 1.28. The molecule has 9 heteroatoms. The molecule has 0 aliphatic heterocycles. The summed E-state index contributed by atoms with van der Waals surface area (Å²) in [5.74, 6) is 0. The van der Waals surface area contributed by atoms with Gasteiger partial charge < -0.3 is 0 Å². The van der Waals surface area contributed by atoms with Crippen LogP contribution in [-0.2, 0) is 16.6 Å². The highest BCUT2D eigenvalue weighted by molar-refractivity contribution is 9.10. The summed E-state index contributed by atoms with van der Waals surface area (Å²) >= 11 is 11.5. The molecule has 0 atom stereocenters. The van der Waals surface area contributed by atoms with E-state index in [-0.39, 0.29) is 15.2 Å². The van der Waals surface area contributed by atoms with E-state index in [0.717, 1.165) is 20.7 Å². The highest BCUT2D eigenvalue weighted by atomic mass is 79.9. The number of hydrogen-bond acceptors (Lipinski definition) is 5. The second-order valence-electron chi connectivity index (χ2n) is 3.40. The number of rotatable bonds is 4. The van der Waals surface area contributed by atoms with Crippen LogP contribution in [0, 0.1) is 6.92 Å². The quantitative estimate of drug-likeness (QED) is 0.874. The van der Waals surface area contributed by atoms with Crippen LogP contribution in [0.2, 0.25) is 4.47 Å². The number of aryl methyl sites for hydroxylation is 1. The van der Waals surface area contributed by atoms with Crippen molar-refractivity contribution < 1.29 is 8.42 Å². The standard InChI is InChI=1S/C9H8BrClN2O2S3/c1-5-8(17-9(11)13-5)18(14,15)12-3-7-2-6(10)4-16-7/h2,4,12H,3H2,1H3. The van der Waals surface area contributed by atoms with Gasteiger partial charge in [0.2, 0.25) is 0 Å². The lowest BCUT2D eigenvalue weighted by atomic mass is 10.5. The largest absolute Gasteiger partial charge is 0.252 e. The Morgan fingerprint density at radius 1 is 1.56 bits per heavy atom. The van der Waals surface area contributed by atoms with Crippen molar-refractivity contribution in [2.45, 2.75) is 17.7 Å². The molecule has 0 unspecified atom stereocenters. The molecule has 0 saturated carbocycles. The molecule has 4 nitrogen and oxygen atoms in total. The average molecular weight is 388 g/mol. The van der Waals surface area contributed by atoms with Crippen LogP contribution < -0.4 is 4.72 Å². The van der Waals surface area contributed by atoms with Crippen LogP contribution in [0.4, 0.5) is 0 Å². The van der Waals surface area contributed by atoms with Crippen LogP contribution in [0.3, 0.4) is 0 Å². The highest BCUT2D eigenvalue weighted by Crippen LogP contribution is 2.27. The molecular formula is C9H8BrClN2O2S3. The van der Waals surface area contributed by atoms with Crippen molar-refractivity contribution >= 4 is 60.2 Å². The molecule has 0 saturated heterocycles. The summed E-state index contributed by atoms with van der Waals surface area (Å²) in [4.78, 5) is 4.83. The topological polar surface area (TPSA) is 59.1 Å². The molecule has 0 amide bonds. The molecule has 2 aromatic heterocycles. The van der Waals surface area contributed by atoms with E-state index in [2.05, 4.69) is 25.6 Å². The third-order valence-corrected chi connectivity index (χ3v) is 7.00. The molecule has 0 aliphatic carbocycles. The molecular weight excluding hydrogens is 380 g/mol. The van der Waals surface area contributed by atoms with Gasteiger partial charge in [-0.25, -0.2) is 18.1 Å². The second kappa shape index (κ2) is 5.56. The van der Waals surface area contributed by atoms with E-state index in [1.54, 1.807) is 6.92 Å². The predicted molar refractivity (Wildman–Crippen MR) is 77.9 cm³/mol. The molecule has 2 rings (SSSR count). The third-order valence-electron chi connectivity index (χ3n) is 2.03. The number of nitrogens with one attached hydrogen (secondary N) is 1. The SMILES string of the molecule is Cc1nc(Cl)sc1S(=O)(=O)NCc1cc(Br)cs1. The summed E-state index contributed by atoms with van der Waals surface area (Å²) in [7, 11) is -3.55. The minimum atomic E-state index is -3.55. The van der Waals surface area contributed by atoms with Crippen molar-refractivity contribution in [3.8, 4) is 0 Å². The summed E-state index contributed by atoms with van der Waals surface area (Å²) in [6, 6.07) is 1.87. The van der Waals surface area contributed by atoms with E-state index in [9.17, 15) is 8.42 Å². The Hall–Kier alpha value is 0.01000. The zero-order valence-corrected chi connectivity index (χ0v) is 13.9. The number of nitrogens with zero attached hydrogens (tertiary/aromatic N) is 1. The van der Waals surface area contributed by atoms with E-state index in [0.29, 0.717) is 5.69 Å². The minimum absolute atomic E-state index is 0.170. The van der Waals surface area contributed by atoms with Gasteiger partial charge in [-0.3, -0.25) is 0 Å². The third kappa shape index (κ3) is 3.31. The number of halogens is 2. The van der Waals surface area contributed by atoms with Crippen molar-refractivity contribution in [3.05, 3.63) is 31.0 Å². The fourth-order valence-corrected chi connectivity index (χ4v) is 5.55. The number of thiazole rings is 1. The monoisotopic (exact) mass is 386 g/mol. The van der Waals surface area contributed by atoms with E-state index >= 15 is 0 Å². The molecule has 18 heavy (non-hydrogen) atoms. The van der Waals surface area contributed by atoms with Gasteiger partial charge in [-0.05, 0) is 28.9 Å². The Kier molecular flexibility index (Phi) is 4.45. The van der Waals surface area contributed by atoms with Gasteiger partial charge in [-0.2, -0.15) is 0 Å². The van der Waals surface area contributed by atoms with Gasteiger partial charge in [0.1, 0.15) is 0 Å². The lowest BCUT2D eigenvalue weighted by Gasteiger charge is -2.03. The zero-order chi connectivity index (χ0) is 13.3. The molecule has 0 aliphatic rings. The minimum Gasteiger partial charge on any atom is -0.229 e. The van der Waals surface area contributed by atoms with Gasteiger partial charge in [-0.1, -0.05) is 22.9 Å². The Morgan fingerprint density at radius 3 is 2.78 bits per heavy atom. The van der Waals surface area contributed by atoms with Gasteiger partial charge in [0.15, 0.2) is 8.68 Å². The van der Waals surface area contributed by atoms with Crippen molar-refractivity contribution in [1.82, 2.24) is 9.71 Å². The number of hydrogen-bond donors (Lipinski definition) is 1. The first-order valence-corrected chi connectivity index (χ1v) is 9.09. The summed E-state index contributed by atoms with van der Waals surface area (Å²) in [6.45, 7) is 1.88. The van der Waals surface area contributed by atoms with E-state index < -0.39 is 10.0 Å². The molecule has 0 aromatic carbocycles. The van der Waals surface area contributed by atoms with Gasteiger partial charge in [0.25, 0.3) is 10.0 Å². The van der Waals surface area contributed by atoms with Crippen molar-refractivity contribution in [2.24, 2.45) is 0 Å². The van der Waals surface area contributed by atoms with Gasteiger partial charge in [0, 0.05) is 21.3 Å². The van der Waals surface area contributed by atoms with Crippen molar-refractivity contribution in [2.75, 3.05) is 0 Å². The molecule has 0 spiro atoms. The first-order chi connectivity index (χ1) is 8.38. The van der Waals surface area contributed by atoms with Crippen LogP contribution in [0.1, 0.15) is 10.6 Å². The number of aromatic nitrogens is 1. The first kappa shape index (κ1) is 14.4. The molecule has 0 fully saturated rings. The maximum Gasteiger partial charge on any atom is 0.252 e. The maximum atomic E-state index is 12.0. The fraction of sp³-hybridized carbons (Fsp3) is 0.222. The summed E-state index contributed by atoms with van der Waals surface area (Å²) in [5.41, 5.74) is 0.421. The molecule has 2 heterocycles. The van der Waals surface area contributed by atoms with Gasteiger partial charge in [-0.15, -0.1) is 11.3 Å². The van der Waals surface area contributed by atoms with Gasteiger partial charge in [0.05, 0.1) is 5.69 Å². The van der Waals surface area contributed by atoms with Crippen molar-refractivity contribution in [3.63, 3.8) is 0 Å². The Labute approximate surface area is 126 Å². The van der Waals surface area contributed by atoms with Crippen LogP contribution >= 0.6 is 50.2 Å². The van der Waals surface area contributed by atoms with E-state index in [1.807, 2.05) is 11.4 Å². The second-order valence-corrected chi connectivity index (χ2v) is 8.85. The molecule has 2 aromatic rings. The van der Waals surface area contributed by atoms with Crippen molar-refractivity contribution in [1.29, 1.82) is 0 Å². The lowest BCUT2D eigenvalue weighted by molar-refractivity contribution is 0.583. The molecule has 98 valence electrons. The van der Waals surface area contributed by atoms with Gasteiger partial charge >= 0.3 is 0 Å². The van der Waals surface area contributed by atoms with E-state index in [4.69, 9.17) is 11.6 Å². The Morgan fingerprint density at radius 2 is 2.28 bits per heavy atom. The molecule has 0 bridgehead atoms. The highest BCUT2D eigenvalue weighted by Gasteiger charge is 2.21. The number of sulfonamides is 1. The lowest BCUT2D eigenvalue weighted by Crippen LogP contribution is -2.22. The summed E-state index contributed by atoms with van der Waals surface area (Å²) in [5, 5.41) is 1.90. The zero-order valence-electron chi connectivity index (χ0n) is 9.11. The Balaban J connectivity index is 2.15. The van der Waals surface area contributed by atoms with Crippen LogP contribution in [0.5, 0.6) is 0 Å². The molecule has 1 N–H and O–H groups in total. The first-order valence-electron chi connectivity index (χ1n) is 4.74. The van der Waals surface area contributed by atoms with Crippen LogP contribution in [-0.4, -0.2) is 13.4 Å². The maximum absolute atomic E-state index is 12.0. The average Bonchev–Trinajstić information content (AvgIpc) is 2.82. The summed E-state index contributed by atoms with van der Waals surface area (Å²) in [6.07, 6.45) is 0. The predicted octanol–water partition coefficient (Wildman–Crippen LogP) is 3.41. The Bertz CT molecular complexity index is 665. The normalized spacial score (nSPS) is 11.9. The van der Waals surface area contributed by atoms with E-state index in [1.165, 1.54) is 11.3 Å². The summed E-state index contributed by atoms with van der Waals surface area (Å²) < 4.78 is 28.0. The smallest absolute Gasteiger partial charge is 0.229 e. The van der Waals surface area contributed by atoms with Crippen LogP contribution in [0.25, 0.3) is 0 Å².